The highest BCUT2D eigenvalue weighted by molar-refractivity contribution is 9.10. The van der Waals surface area contributed by atoms with Gasteiger partial charge >= 0.3 is 6.03 Å². The van der Waals surface area contributed by atoms with Gasteiger partial charge in [-0.05, 0) is 61.0 Å². The van der Waals surface area contributed by atoms with Gasteiger partial charge in [-0.2, -0.15) is 0 Å². The van der Waals surface area contributed by atoms with Gasteiger partial charge < -0.3 is 19.8 Å². The number of urea groups is 1. The van der Waals surface area contributed by atoms with E-state index in [4.69, 9.17) is 9.15 Å². The number of carbonyl (C=O) groups excluding carboxylic acids is 1. The Morgan fingerprint density at radius 3 is 2.55 bits per heavy atom. The van der Waals surface area contributed by atoms with Crippen LogP contribution in [0.4, 0.5) is 16.2 Å². The first-order chi connectivity index (χ1) is 15.0. The number of aryl methyl sites for hydroxylation is 1. The standard InChI is InChI=1S/C24H20BrN3O3/c1-15-6-11-22(30-2)20(12-15)28-24(29)26-19-9-7-16(8-10-19)23-27-21(14-31-23)17-4-3-5-18(25)13-17/h3-14H,1-2H3,(H2,26,28,29). The molecule has 6 nitrogen and oxygen atoms in total. The van der Waals surface area contributed by atoms with Crippen molar-refractivity contribution in [2.24, 2.45) is 0 Å². The zero-order valence-electron chi connectivity index (χ0n) is 17.0. The number of anilines is 2. The molecule has 0 bridgehead atoms. The summed E-state index contributed by atoms with van der Waals surface area (Å²) in [6.07, 6.45) is 1.63. The summed E-state index contributed by atoms with van der Waals surface area (Å²) in [6.45, 7) is 1.95. The fourth-order valence-corrected chi connectivity index (χ4v) is 3.49. The van der Waals surface area contributed by atoms with Crippen molar-refractivity contribution >= 4 is 33.3 Å². The molecule has 0 atom stereocenters. The van der Waals surface area contributed by atoms with Crippen molar-refractivity contribution in [2.45, 2.75) is 6.92 Å². The number of hydrogen-bond donors (Lipinski definition) is 2. The van der Waals surface area contributed by atoms with Gasteiger partial charge in [-0.1, -0.05) is 34.1 Å². The third kappa shape index (κ3) is 4.95. The maximum atomic E-state index is 12.4. The molecule has 0 radical (unpaired) electrons. The first-order valence-electron chi connectivity index (χ1n) is 9.56. The molecule has 0 unspecified atom stereocenters. The zero-order chi connectivity index (χ0) is 21.8. The lowest BCUT2D eigenvalue weighted by atomic mass is 10.2. The molecule has 4 aromatic rings. The number of methoxy groups -OCH3 is 1. The van der Waals surface area contributed by atoms with E-state index in [9.17, 15) is 4.79 Å². The molecule has 3 aromatic carbocycles. The fourth-order valence-electron chi connectivity index (χ4n) is 3.09. The highest BCUT2D eigenvalue weighted by Gasteiger charge is 2.11. The second kappa shape index (κ2) is 9.06. The molecular weight excluding hydrogens is 458 g/mol. The minimum atomic E-state index is -0.357. The molecule has 7 heteroatoms. The average Bonchev–Trinajstić information content (AvgIpc) is 3.25. The minimum absolute atomic E-state index is 0.357. The van der Waals surface area contributed by atoms with Gasteiger partial charge in [-0.15, -0.1) is 0 Å². The Morgan fingerprint density at radius 2 is 1.81 bits per heavy atom. The number of amides is 2. The maximum Gasteiger partial charge on any atom is 0.323 e. The molecule has 31 heavy (non-hydrogen) atoms. The van der Waals surface area contributed by atoms with Crippen molar-refractivity contribution in [3.63, 3.8) is 0 Å². The summed E-state index contributed by atoms with van der Waals surface area (Å²) < 4.78 is 11.9. The van der Waals surface area contributed by atoms with Crippen molar-refractivity contribution in [1.82, 2.24) is 4.98 Å². The Bertz CT molecular complexity index is 1220. The summed E-state index contributed by atoms with van der Waals surface area (Å²) in [5.41, 5.74) is 4.81. The second-order valence-corrected chi connectivity index (χ2v) is 7.82. The predicted octanol–water partition coefficient (Wildman–Crippen LogP) is 6.73. The molecule has 156 valence electrons. The largest absolute Gasteiger partial charge is 0.495 e. The van der Waals surface area contributed by atoms with E-state index in [2.05, 4.69) is 31.5 Å². The van der Waals surface area contributed by atoms with Crippen LogP contribution in [0.2, 0.25) is 0 Å². The molecule has 0 aliphatic rings. The van der Waals surface area contributed by atoms with Gasteiger partial charge in [0, 0.05) is 21.3 Å². The van der Waals surface area contributed by atoms with E-state index in [0.29, 0.717) is 23.0 Å². The van der Waals surface area contributed by atoms with E-state index >= 15 is 0 Å². The lowest BCUT2D eigenvalue weighted by Gasteiger charge is -2.12. The highest BCUT2D eigenvalue weighted by atomic mass is 79.9. The molecule has 2 N–H and O–H groups in total. The van der Waals surface area contributed by atoms with Crippen LogP contribution in [-0.2, 0) is 0 Å². The van der Waals surface area contributed by atoms with E-state index in [1.165, 1.54) is 0 Å². The number of benzene rings is 3. The molecule has 4 rings (SSSR count). The summed E-state index contributed by atoms with van der Waals surface area (Å²) >= 11 is 3.47. The van der Waals surface area contributed by atoms with Gasteiger partial charge in [0.15, 0.2) is 0 Å². The Labute approximate surface area is 188 Å². The number of oxazole rings is 1. The van der Waals surface area contributed by atoms with Crippen LogP contribution < -0.4 is 15.4 Å². The van der Waals surface area contributed by atoms with Gasteiger partial charge in [0.05, 0.1) is 12.8 Å². The number of nitrogens with one attached hydrogen (secondary N) is 2. The monoisotopic (exact) mass is 477 g/mol. The van der Waals surface area contributed by atoms with Crippen LogP contribution in [-0.4, -0.2) is 18.1 Å². The van der Waals surface area contributed by atoms with Gasteiger partial charge in [-0.25, -0.2) is 9.78 Å². The summed E-state index contributed by atoms with van der Waals surface area (Å²) in [5.74, 6) is 1.11. The summed E-state index contributed by atoms with van der Waals surface area (Å²) in [6, 6.07) is 20.4. The SMILES string of the molecule is COc1ccc(C)cc1NC(=O)Nc1ccc(-c2nc(-c3cccc(Br)c3)co2)cc1. The molecule has 1 heterocycles. The van der Waals surface area contributed by atoms with Crippen molar-refractivity contribution in [3.05, 3.63) is 83.0 Å². The van der Waals surface area contributed by atoms with E-state index in [1.807, 2.05) is 61.5 Å². The van der Waals surface area contributed by atoms with Gasteiger partial charge in [-0.3, -0.25) is 0 Å². The fraction of sp³-hybridized carbons (Fsp3) is 0.0833. The number of halogens is 1. The molecule has 0 saturated heterocycles. The van der Waals surface area contributed by atoms with E-state index < -0.39 is 0 Å². The van der Waals surface area contributed by atoms with Crippen molar-refractivity contribution in [1.29, 1.82) is 0 Å². The Hall–Kier alpha value is -3.58. The summed E-state index contributed by atoms with van der Waals surface area (Å²) in [4.78, 5) is 17.0. The van der Waals surface area contributed by atoms with E-state index in [-0.39, 0.29) is 6.03 Å². The van der Waals surface area contributed by atoms with Gasteiger partial charge in [0.25, 0.3) is 0 Å². The lowest BCUT2D eigenvalue weighted by Crippen LogP contribution is -2.19. The molecular formula is C24H20BrN3O3. The number of aromatic nitrogens is 1. The highest BCUT2D eigenvalue weighted by Crippen LogP contribution is 2.28. The number of nitrogens with zero attached hydrogens (tertiary/aromatic N) is 1. The van der Waals surface area contributed by atoms with Crippen molar-refractivity contribution in [2.75, 3.05) is 17.7 Å². The molecule has 1 aromatic heterocycles. The average molecular weight is 478 g/mol. The number of rotatable bonds is 5. The summed E-state index contributed by atoms with van der Waals surface area (Å²) in [5, 5.41) is 5.63. The normalized spacial score (nSPS) is 10.5. The molecule has 0 fully saturated rings. The lowest BCUT2D eigenvalue weighted by molar-refractivity contribution is 0.262. The van der Waals surface area contributed by atoms with Crippen LogP contribution in [0.5, 0.6) is 5.75 Å². The Kier molecular flexibility index (Phi) is 6.04. The number of hydrogen-bond acceptors (Lipinski definition) is 4. The predicted molar refractivity (Wildman–Crippen MR) is 125 cm³/mol. The first kappa shape index (κ1) is 20.7. The topological polar surface area (TPSA) is 76.4 Å². The molecule has 0 aliphatic carbocycles. The van der Waals surface area contributed by atoms with Crippen molar-refractivity contribution in [3.8, 4) is 28.5 Å². The van der Waals surface area contributed by atoms with E-state index in [1.54, 1.807) is 25.5 Å². The van der Waals surface area contributed by atoms with Gasteiger partial charge in [0.2, 0.25) is 5.89 Å². The van der Waals surface area contributed by atoms with Crippen LogP contribution in [0.3, 0.4) is 0 Å². The second-order valence-electron chi connectivity index (χ2n) is 6.91. The zero-order valence-corrected chi connectivity index (χ0v) is 18.6. The molecule has 0 spiro atoms. The molecule has 0 aliphatic heterocycles. The summed E-state index contributed by atoms with van der Waals surface area (Å²) in [7, 11) is 1.57. The van der Waals surface area contributed by atoms with Crippen LogP contribution in [0, 0.1) is 6.92 Å². The Morgan fingerprint density at radius 1 is 1.00 bits per heavy atom. The smallest absolute Gasteiger partial charge is 0.323 e. The minimum Gasteiger partial charge on any atom is -0.495 e. The quantitative estimate of drug-likeness (QED) is 0.333. The maximum absolute atomic E-state index is 12.4. The van der Waals surface area contributed by atoms with Crippen LogP contribution in [0.1, 0.15) is 5.56 Å². The first-order valence-corrected chi connectivity index (χ1v) is 10.4. The van der Waals surface area contributed by atoms with Gasteiger partial charge in [0.1, 0.15) is 17.7 Å². The third-order valence-corrected chi connectivity index (χ3v) is 5.11. The van der Waals surface area contributed by atoms with Crippen LogP contribution in [0.25, 0.3) is 22.7 Å². The van der Waals surface area contributed by atoms with Crippen LogP contribution >= 0.6 is 15.9 Å². The Balaban J connectivity index is 1.44. The number of carbonyl (C=O) groups is 1. The third-order valence-electron chi connectivity index (χ3n) is 4.62. The van der Waals surface area contributed by atoms with Crippen molar-refractivity contribution < 1.29 is 13.9 Å². The molecule has 2 amide bonds. The molecule has 0 saturated carbocycles. The van der Waals surface area contributed by atoms with E-state index in [0.717, 1.165) is 26.9 Å². The van der Waals surface area contributed by atoms with Crippen LogP contribution in [0.15, 0.2) is 81.9 Å². The number of ether oxygens (including phenoxy) is 1.